The molecule has 2 aromatic rings. The molecule has 1 heterocycles. The van der Waals surface area contributed by atoms with Crippen molar-refractivity contribution >= 4 is 29.3 Å². The van der Waals surface area contributed by atoms with Crippen LogP contribution in [0.2, 0.25) is 0 Å². The lowest BCUT2D eigenvalue weighted by Crippen LogP contribution is -2.24. The Labute approximate surface area is 124 Å². The quantitative estimate of drug-likeness (QED) is 0.842. The summed E-state index contributed by atoms with van der Waals surface area (Å²) in [6.45, 7) is 0. The second-order valence-electron chi connectivity index (χ2n) is 4.01. The highest BCUT2D eigenvalue weighted by Crippen LogP contribution is 2.15. The van der Waals surface area contributed by atoms with E-state index in [2.05, 4.69) is 10.3 Å². The van der Waals surface area contributed by atoms with Crippen molar-refractivity contribution in [2.45, 2.75) is 5.03 Å². The van der Waals surface area contributed by atoms with Crippen LogP contribution in [0.4, 0.5) is 10.1 Å². The van der Waals surface area contributed by atoms with Crippen LogP contribution in [0.15, 0.2) is 47.6 Å². The summed E-state index contributed by atoms with van der Waals surface area (Å²) in [5, 5.41) is 13.4. The Kier molecular flexibility index (Phi) is 4.89. The number of pyridine rings is 1. The lowest BCUT2D eigenvalue weighted by atomic mass is 10.2. The van der Waals surface area contributed by atoms with Crippen molar-refractivity contribution in [2.24, 2.45) is 0 Å². The zero-order valence-electron chi connectivity index (χ0n) is 10.7. The van der Waals surface area contributed by atoms with Gasteiger partial charge in [0.15, 0.2) is 0 Å². The van der Waals surface area contributed by atoms with Crippen LogP contribution in [0, 0.1) is 5.82 Å². The number of anilines is 1. The van der Waals surface area contributed by atoms with Crippen LogP contribution in [-0.2, 0) is 4.79 Å². The van der Waals surface area contributed by atoms with E-state index in [1.165, 1.54) is 36.5 Å². The molecule has 108 valence electrons. The summed E-state index contributed by atoms with van der Waals surface area (Å²) in [4.78, 5) is 26.2. The van der Waals surface area contributed by atoms with E-state index in [1.807, 2.05) is 0 Å². The molecule has 0 fully saturated rings. The maximum Gasteiger partial charge on any atom is 0.257 e. The van der Waals surface area contributed by atoms with Gasteiger partial charge >= 0.3 is 0 Å². The zero-order chi connectivity index (χ0) is 15.2. The lowest BCUT2D eigenvalue weighted by Gasteiger charge is -2.06. The number of nitrogens with zero attached hydrogens (tertiary/aromatic N) is 1. The van der Waals surface area contributed by atoms with Gasteiger partial charge in [0, 0.05) is 17.6 Å². The molecule has 0 saturated heterocycles. The maximum absolute atomic E-state index is 12.7. The van der Waals surface area contributed by atoms with Gasteiger partial charge in [-0.25, -0.2) is 9.37 Å². The normalized spacial score (nSPS) is 10.1. The molecule has 1 aromatic heterocycles. The molecule has 2 rings (SSSR count). The largest absolute Gasteiger partial charge is 0.549 e. The third kappa shape index (κ3) is 4.57. The summed E-state index contributed by atoms with van der Waals surface area (Å²) >= 11 is 1.01. The number of carbonyl (C=O) groups is 2. The van der Waals surface area contributed by atoms with Gasteiger partial charge in [0.25, 0.3) is 5.91 Å². The van der Waals surface area contributed by atoms with Crippen molar-refractivity contribution in [3.05, 3.63) is 54.0 Å². The Balaban J connectivity index is 1.99. The van der Waals surface area contributed by atoms with Gasteiger partial charge in [0.2, 0.25) is 0 Å². The van der Waals surface area contributed by atoms with Gasteiger partial charge in [-0.05, 0) is 36.4 Å². The molecular formula is C14H10FN2O3S-. The molecule has 0 bridgehead atoms. The van der Waals surface area contributed by atoms with E-state index in [4.69, 9.17) is 0 Å². The van der Waals surface area contributed by atoms with Gasteiger partial charge in [-0.3, -0.25) is 4.79 Å². The third-order valence-corrected chi connectivity index (χ3v) is 3.36. The summed E-state index contributed by atoms with van der Waals surface area (Å²) < 4.78 is 12.7. The number of aromatic nitrogens is 1. The minimum Gasteiger partial charge on any atom is -0.549 e. The summed E-state index contributed by atoms with van der Waals surface area (Å²) in [5.74, 6) is -2.15. The molecule has 0 spiro atoms. The van der Waals surface area contributed by atoms with E-state index in [-0.39, 0.29) is 17.5 Å². The monoisotopic (exact) mass is 305 g/mol. The van der Waals surface area contributed by atoms with E-state index >= 15 is 0 Å². The number of rotatable bonds is 5. The fourth-order valence-electron chi connectivity index (χ4n) is 1.47. The second-order valence-corrected chi connectivity index (χ2v) is 5.00. The number of benzene rings is 1. The number of halogens is 1. The highest BCUT2D eigenvalue weighted by Gasteiger charge is 2.07. The minimum atomic E-state index is -1.18. The molecule has 0 aliphatic heterocycles. The van der Waals surface area contributed by atoms with Gasteiger partial charge in [0.1, 0.15) is 5.82 Å². The van der Waals surface area contributed by atoms with E-state index in [0.29, 0.717) is 16.3 Å². The number of hydrogen-bond donors (Lipinski definition) is 1. The zero-order valence-corrected chi connectivity index (χ0v) is 11.5. The molecular weight excluding hydrogens is 295 g/mol. The molecule has 0 saturated carbocycles. The van der Waals surface area contributed by atoms with Crippen LogP contribution in [0.5, 0.6) is 0 Å². The molecule has 0 aliphatic rings. The smallest absolute Gasteiger partial charge is 0.257 e. The number of carboxylic acids is 1. The molecule has 5 nitrogen and oxygen atoms in total. The number of carboxylic acid groups (broad SMARTS) is 1. The molecule has 1 aromatic carbocycles. The van der Waals surface area contributed by atoms with E-state index < -0.39 is 5.97 Å². The summed E-state index contributed by atoms with van der Waals surface area (Å²) in [5.41, 5.74) is 0.786. The predicted molar refractivity (Wildman–Crippen MR) is 74.3 cm³/mol. The van der Waals surface area contributed by atoms with Crippen molar-refractivity contribution in [3.63, 3.8) is 0 Å². The number of thioether (sulfide) groups is 1. The Hall–Kier alpha value is -2.41. The standard InChI is InChI=1S/C14H11FN2O3S/c15-10-2-4-11(5-3-10)17-14(20)9-1-6-12(16-7-9)21-8-13(18)19/h1-7H,8H2,(H,17,20)(H,18,19)/p-1. The number of nitrogens with one attached hydrogen (secondary N) is 1. The van der Waals surface area contributed by atoms with Crippen LogP contribution >= 0.6 is 11.8 Å². The first-order chi connectivity index (χ1) is 10.0. The Morgan fingerprint density at radius 2 is 1.90 bits per heavy atom. The fraction of sp³-hybridized carbons (Fsp3) is 0.0714. The number of aliphatic carboxylic acids is 1. The van der Waals surface area contributed by atoms with Gasteiger partial charge in [-0.2, -0.15) is 0 Å². The number of amides is 1. The Morgan fingerprint density at radius 1 is 1.19 bits per heavy atom. The molecule has 1 N–H and O–H groups in total. The van der Waals surface area contributed by atoms with Crippen LogP contribution in [0.25, 0.3) is 0 Å². The minimum absolute atomic E-state index is 0.200. The molecule has 0 atom stereocenters. The highest BCUT2D eigenvalue weighted by atomic mass is 32.2. The van der Waals surface area contributed by atoms with Gasteiger partial charge in [-0.15, -0.1) is 11.8 Å². The van der Waals surface area contributed by atoms with Gasteiger partial charge in [-0.1, -0.05) is 0 Å². The first-order valence-corrected chi connectivity index (χ1v) is 6.89. The first-order valence-electron chi connectivity index (χ1n) is 5.90. The van der Waals surface area contributed by atoms with E-state index in [1.54, 1.807) is 6.07 Å². The van der Waals surface area contributed by atoms with Crippen molar-refractivity contribution in [3.8, 4) is 0 Å². The van der Waals surface area contributed by atoms with Crippen molar-refractivity contribution < 1.29 is 19.1 Å². The highest BCUT2D eigenvalue weighted by molar-refractivity contribution is 7.99. The Morgan fingerprint density at radius 3 is 2.48 bits per heavy atom. The molecule has 21 heavy (non-hydrogen) atoms. The predicted octanol–water partition coefficient (Wildman–Crippen LogP) is 1.31. The van der Waals surface area contributed by atoms with Crippen molar-refractivity contribution in [1.82, 2.24) is 4.98 Å². The average Bonchev–Trinajstić information content (AvgIpc) is 2.48. The maximum atomic E-state index is 12.7. The van der Waals surface area contributed by atoms with Crippen molar-refractivity contribution in [2.75, 3.05) is 11.1 Å². The van der Waals surface area contributed by atoms with Crippen LogP contribution in [0.3, 0.4) is 0 Å². The third-order valence-electron chi connectivity index (χ3n) is 2.44. The number of carbonyl (C=O) groups excluding carboxylic acids is 2. The summed E-state index contributed by atoms with van der Waals surface area (Å²) in [6, 6.07) is 8.47. The molecule has 1 amide bonds. The number of hydrogen-bond acceptors (Lipinski definition) is 5. The topological polar surface area (TPSA) is 82.1 Å². The van der Waals surface area contributed by atoms with Crippen LogP contribution in [-0.4, -0.2) is 22.6 Å². The molecule has 0 unspecified atom stereocenters. The fourth-order valence-corrected chi connectivity index (χ4v) is 2.03. The van der Waals surface area contributed by atoms with Gasteiger partial charge in [0.05, 0.1) is 16.6 Å². The summed E-state index contributed by atoms with van der Waals surface area (Å²) in [6.07, 6.45) is 1.34. The lowest BCUT2D eigenvalue weighted by molar-refractivity contribution is -0.301. The van der Waals surface area contributed by atoms with Gasteiger partial charge < -0.3 is 15.2 Å². The van der Waals surface area contributed by atoms with E-state index in [0.717, 1.165) is 11.8 Å². The molecule has 7 heteroatoms. The summed E-state index contributed by atoms with van der Waals surface area (Å²) in [7, 11) is 0. The SMILES string of the molecule is O=C([O-])CSc1ccc(C(=O)Nc2ccc(F)cc2)cn1. The Bertz CT molecular complexity index is 644. The van der Waals surface area contributed by atoms with Crippen molar-refractivity contribution in [1.29, 1.82) is 0 Å². The first kappa shape index (κ1) is 15.0. The second kappa shape index (κ2) is 6.85. The van der Waals surface area contributed by atoms with Crippen LogP contribution < -0.4 is 10.4 Å². The van der Waals surface area contributed by atoms with E-state index in [9.17, 15) is 19.1 Å². The molecule has 0 radical (unpaired) electrons. The van der Waals surface area contributed by atoms with Crippen LogP contribution in [0.1, 0.15) is 10.4 Å². The molecule has 0 aliphatic carbocycles. The average molecular weight is 305 g/mol.